The number of anilines is 1. The summed E-state index contributed by atoms with van der Waals surface area (Å²) in [5.74, 6) is 0. The van der Waals surface area contributed by atoms with Crippen LogP contribution in [0.4, 0.5) is 5.69 Å². The minimum Gasteiger partial charge on any atom is -0.396 e. The maximum Gasteiger partial charge on any atom is 0.0980 e. The number of nitrogens with zero attached hydrogens (tertiary/aromatic N) is 1. The highest BCUT2D eigenvalue weighted by Gasteiger charge is 2.06. The second-order valence-electron chi connectivity index (χ2n) is 2.30. The van der Waals surface area contributed by atoms with Gasteiger partial charge >= 0.3 is 0 Å². The summed E-state index contributed by atoms with van der Waals surface area (Å²) in [5, 5.41) is 6.63. The third kappa shape index (κ3) is 1.19. The fraction of sp³-hybridized carbons (Fsp3) is 0. The molecule has 0 saturated heterocycles. The van der Waals surface area contributed by atoms with E-state index < -0.39 is 0 Å². The molecule has 5 heteroatoms. The van der Waals surface area contributed by atoms with Gasteiger partial charge in [-0.1, -0.05) is 11.6 Å². The lowest BCUT2D eigenvalue weighted by atomic mass is 10.3. The molecule has 0 amide bonds. The van der Waals surface area contributed by atoms with Crippen LogP contribution in [-0.4, -0.2) is 10.2 Å². The fourth-order valence-electron chi connectivity index (χ4n) is 0.941. The summed E-state index contributed by atoms with van der Waals surface area (Å²) >= 11 is 7.25. The van der Waals surface area contributed by atoms with Crippen LogP contribution in [-0.2, 0) is 0 Å². The smallest absolute Gasteiger partial charge is 0.0980 e. The van der Waals surface area contributed by atoms with Gasteiger partial charge < -0.3 is 5.73 Å². The standard InChI is InChI=1S/C7H6ClN3S/c8-6-2-1-5(12-6)7-4(9)3-10-11-7/h1-3H,9H2,(H,10,11). The molecule has 0 aliphatic heterocycles. The summed E-state index contributed by atoms with van der Waals surface area (Å²) in [4.78, 5) is 1.01. The molecule has 0 saturated carbocycles. The average molecular weight is 200 g/mol. The van der Waals surface area contributed by atoms with E-state index in [0.29, 0.717) is 5.69 Å². The molecule has 0 unspecified atom stereocenters. The highest BCUT2D eigenvalue weighted by atomic mass is 35.5. The quantitative estimate of drug-likeness (QED) is 0.741. The third-order valence-corrected chi connectivity index (χ3v) is 2.74. The SMILES string of the molecule is Nc1cn[nH]c1-c1ccc(Cl)s1. The Morgan fingerprint density at radius 2 is 2.33 bits per heavy atom. The van der Waals surface area contributed by atoms with Crippen LogP contribution in [0, 0.1) is 0 Å². The van der Waals surface area contributed by atoms with Crippen molar-refractivity contribution in [1.29, 1.82) is 0 Å². The molecule has 2 aromatic rings. The Balaban J connectivity index is 2.50. The normalized spacial score (nSPS) is 10.4. The number of thiophene rings is 1. The lowest BCUT2D eigenvalue weighted by molar-refractivity contribution is 1.10. The van der Waals surface area contributed by atoms with Crippen molar-refractivity contribution in [2.75, 3.05) is 5.73 Å². The summed E-state index contributed by atoms with van der Waals surface area (Å²) < 4.78 is 0.749. The zero-order valence-corrected chi connectivity index (χ0v) is 7.62. The van der Waals surface area contributed by atoms with Crippen LogP contribution in [0.25, 0.3) is 10.6 Å². The lowest BCUT2D eigenvalue weighted by Gasteiger charge is -1.91. The zero-order chi connectivity index (χ0) is 8.55. The number of aromatic nitrogens is 2. The van der Waals surface area contributed by atoms with Crippen molar-refractivity contribution >= 4 is 28.6 Å². The molecule has 0 aliphatic rings. The van der Waals surface area contributed by atoms with Gasteiger partial charge in [0.1, 0.15) is 0 Å². The summed E-state index contributed by atoms with van der Waals surface area (Å²) in [5.41, 5.74) is 7.14. The topological polar surface area (TPSA) is 54.7 Å². The van der Waals surface area contributed by atoms with E-state index in [4.69, 9.17) is 17.3 Å². The van der Waals surface area contributed by atoms with Crippen LogP contribution in [0.2, 0.25) is 4.34 Å². The highest BCUT2D eigenvalue weighted by Crippen LogP contribution is 2.32. The van der Waals surface area contributed by atoms with E-state index in [0.717, 1.165) is 14.9 Å². The van der Waals surface area contributed by atoms with E-state index >= 15 is 0 Å². The van der Waals surface area contributed by atoms with E-state index in [9.17, 15) is 0 Å². The first kappa shape index (κ1) is 7.64. The first-order chi connectivity index (χ1) is 5.77. The maximum atomic E-state index is 5.77. The number of H-pyrrole nitrogens is 1. The molecule has 0 aromatic carbocycles. The second kappa shape index (κ2) is 2.80. The number of nitrogens with two attached hydrogens (primary N) is 1. The van der Waals surface area contributed by atoms with Gasteiger partial charge in [0.15, 0.2) is 0 Å². The van der Waals surface area contributed by atoms with Crippen LogP contribution < -0.4 is 5.73 Å². The third-order valence-electron chi connectivity index (χ3n) is 1.49. The molecule has 2 aromatic heterocycles. The Morgan fingerprint density at radius 3 is 2.83 bits per heavy atom. The predicted octanol–water partition coefficient (Wildman–Crippen LogP) is 2.37. The summed E-state index contributed by atoms with van der Waals surface area (Å²) in [7, 11) is 0. The largest absolute Gasteiger partial charge is 0.396 e. The molecule has 3 nitrogen and oxygen atoms in total. The Hall–Kier alpha value is -1.000. The van der Waals surface area contributed by atoms with Crippen molar-refractivity contribution < 1.29 is 0 Å². The van der Waals surface area contributed by atoms with Crippen LogP contribution in [0.3, 0.4) is 0 Å². The van der Waals surface area contributed by atoms with E-state index in [2.05, 4.69) is 10.2 Å². The summed E-state index contributed by atoms with van der Waals surface area (Å²) in [6, 6.07) is 3.75. The van der Waals surface area contributed by atoms with E-state index in [-0.39, 0.29) is 0 Å². The first-order valence-electron chi connectivity index (χ1n) is 3.32. The minimum atomic E-state index is 0.647. The van der Waals surface area contributed by atoms with Gasteiger partial charge in [0.05, 0.1) is 26.8 Å². The molecule has 12 heavy (non-hydrogen) atoms. The monoisotopic (exact) mass is 199 g/mol. The second-order valence-corrected chi connectivity index (χ2v) is 4.02. The van der Waals surface area contributed by atoms with Gasteiger partial charge in [-0.05, 0) is 12.1 Å². The lowest BCUT2D eigenvalue weighted by Crippen LogP contribution is -1.83. The molecular formula is C7H6ClN3S. The molecule has 0 atom stereocenters. The Labute approximate surface area is 78.2 Å². The molecule has 2 heterocycles. The molecule has 0 aliphatic carbocycles. The van der Waals surface area contributed by atoms with Crippen molar-refractivity contribution in [3.05, 3.63) is 22.7 Å². The molecule has 2 rings (SSSR count). The molecule has 0 radical (unpaired) electrons. The van der Waals surface area contributed by atoms with Crippen molar-refractivity contribution in [3.8, 4) is 10.6 Å². The van der Waals surface area contributed by atoms with Gasteiger partial charge in [-0.15, -0.1) is 11.3 Å². The number of aromatic amines is 1. The van der Waals surface area contributed by atoms with Gasteiger partial charge in [-0.2, -0.15) is 5.10 Å². The van der Waals surface area contributed by atoms with Gasteiger partial charge in [-0.25, -0.2) is 0 Å². The summed E-state index contributed by atoms with van der Waals surface area (Å²) in [6.07, 6.45) is 1.59. The van der Waals surface area contributed by atoms with Gasteiger partial charge in [0.25, 0.3) is 0 Å². The molecule has 3 N–H and O–H groups in total. The Morgan fingerprint density at radius 1 is 1.50 bits per heavy atom. The molecular weight excluding hydrogens is 194 g/mol. The Kier molecular flexibility index (Phi) is 1.78. The predicted molar refractivity (Wildman–Crippen MR) is 51.3 cm³/mol. The van der Waals surface area contributed by atoms with Crippen LogP contribution >= 0.6 is 22.9 Å². The van der Waals surface area contributed by atoms with Crippen LogP contribution in [0.15, 0.2) is 18.3 Å². The van der Waals surface area contributed by atoms with Gasteiger partial charge in [0.2, 0.25) is 0 Å². The highest BCUT2D eigenvalue weighted by molar-refractivity contribution is 7.19. The number of nitrogen functional groups attached to an aromatic ring is 1. The molecule has 0 fully saturated rings. The summed E-state index contributed by atoms with van der Waals surface area (Å²) in [6.45, 7) is 0. The number of rotatable bonds is 1. The molecule has 0 bridgehead atoms. The number of nitrogens with one attached hydrogen (secondary N) is 1. The van der Waals surface area contributed by atoms with Gasteiger partial charge in [-0.3, -0.25) is 5.10 Å². The number of hydrogen-bond donors (Lipinski definition) is 2. The number of halogens is 1. The Bertz CT molecular complexity index is 393. The van der Waals surface area contributed by atoms with Crippen molar-refractivity contribution in [1.82, 2.24) is 10.2 Å². The zero-order valence-electron chi connectivity index (χ0n) is 6.04. The van der Waals surface area contributed by atoms with Crippen LogP contribution in [0.1, 0.15) is 0 Å². The maximum absolute atomic E-state index is 5.77. The number of hydrogen-bond acceptors (Lipinski definition) is 3. The van der Waals surface area contributed by atoms with E-state index in [1.165, 1.54) is 11.3 Å². The van der Waals surface area contributed by atoms with E-state index in [1.54, 1.807) is 6.20 Å². The molecule has 62 valence electrons. The van der Waals surface area contributed by atoms with Crippen molar-refractivity contribution in [2.24, 2.45) is 0 Å². The average Bonchev–Trinajstić information content (AvgIpc) is 2.58. The molecule has 0 spiro atoms. The van der Waals surface area contributed by atoms with Gasteiger partial charge in [0, 0.05) is 0 Å². The van der Waals surface area contributed by atoms with Crippen LogP contribution in [0.5, 0.6) is 0 Å². The fourth-order valence-corrected chi connectivity index (χ4v) is 2.00. The van der Waals surface area contributed by atoms with E-state index in [1.807, 2.05) is 12.1 Å². The first-order valence-corrected chi connectivity index (χ1v) is 4.51. The van der Waals surface area contributed by atoms with Crippen molar-refractivity contribution in [2.45, 2.75) is 0 Å². The minimum absolute atomic E-state index is 0.647. The van der Waals surface area contributed by atoms with Crippen molar-refractivity contribution in [3.63, 3.8) is 0 Å².